The Balaban J connectivity index is 0.00000123. The van der Waals surface area contributed by atoms with Gasteiger partial charge in [-0.25, -0.2) is 0 Å². The second-order valence-corrected chi connectivity index (χ2v) is 4.78. The third-order valence-electron chi connectivity index (χ3n) is 3.38. The van der Waals surface area contributed by atoms with Crippen LogP contribution in [0.3, 0.4) is 0 Å². The molecule has 8 heteroatoms. The Morgan fingerprint density at radius 3 is 2.08 bits per heavy atom. The molecule has 0 atom stereocenters. The molecular weight excluding hydrogens is 323 g/mol. The van der Waals surface area contributed by atoms with Crippen LogP contribution in [0.25, 0.3) is 0 Å². The number of piperidine rings is 1. The smallest absolute Gasteiger partial charge is 0.371 e. The third kappa shape index (κ3) is 5.99. The van der Waals surface area contributed by atoms with Gasteiger partial charge in [-0.05, 0) is 18.9 Å². The van der Waals surface area contributed by atoms with Gasteiger partial charge < -0.3 is 10.6 Å². The van der Waals surface area contributed by atoms with Gasteiger partial charge in [0.25, 0.3) is 5.69 Å². The fraction of sp³-hybridized carbons (Fsp3) is 0.625. The molecule has 0 radical (unpaired) electrons. The fourth-order valence-corrected chi connectivity index (χ4v) is 2.28. The van der Waals surface area contributed by atoms with E-state index in [1.54, 1.807) is 4.90 Å². The highest BCUT2D eigenvalue weighted by Crippen LogP contribution is 2.39. The number of alkyl halides is 3. The van der Waals surface area contributed by atoms with Crippen molar-refractivity contribution in [3.05, 3.63) is 33.9 Å². The van der Waals surface area contributed by atoms with Gasteiger partial charge in [0, 0.05) is 37.0 Å². The molecule has 0 saturated carbocycles. The summed E-state index contributed by atoms with van der Waals surface area (Å²) in [5.41, 5.74) is 4.18. The zero-order chi connectivity index (χ0) is 18.9. The molecule has 1 fully saturated rings. The number of hydrogen-bond donors (Lipinski definition) is 1. The molecular formula is C16H26F3N3O2. The van der Waals surface area contributed by atoms with Crippen LogP contribution >= 0.6 is 0 Å². The molecule has 1 aromatic carbocycles. The lowest BCUT2D eigenvalue weighted by Crippen LogP contribution is -2.40. The number of anilines is 1. The largest absolute Gasteiger partial charge is 0.418 e. The van der Waals surface area contributed by atoms with Crippen molar-refractivity contribution in [2.75, 3.05) is 18.0 Å². The molecule has 1 aliphatic heterocycles. The Morgan fingerprint density at radius 1 is 1.17 bits per heavy atom. The van der Waals surface area contributed by atoms with E-state index in [0.29, 0.717) is 32.0 Å². The van der Waals surface area contributed by atoms with E-state index in [-0.39, 0.29) is 11.7 Å². The van der Waals surface area contributed by atoms with Crippen LogP contribution in [0, 0.1) is 10.1 Å². The minimum Gasteiger partial charge on any atom is -0.371 e. The maximum Gasteiger partial charge on any atom is 0.418 e. The van der Waals surface area contributed by atoms with Gasteiger partial charge in [-0.3, -0.25) is 10.1 Å². The molecule has 0 spiro atoms. The minimum absolute atomic E-state index is 0.00126. The van der Waals surface area contributed by atoms with Gasteiger partial charge in [0.1, 0.15) is 0 Å². The highest BCUT2D eigenvalue weighted by molar-refractivity contribution is 5.59. The molecule has 0 aliphatic carbocycles. The third-order valence-corrected chi connectivity index (χ3v) is 3.38. The molecule has 1 aromatic rings. The lowest BCUT2D eigenvalue weighted by molar-refractivity contribution is -0.385. The predicted molar refractivity (Wildman–Crippen MR) is 90.2 cm³/mol. The quantitative estimate of drug-likeness (QED) is 0.626. The summed E-state index contributed by atoms with van der Waals surface area (Å²) in [6.07, 6.45) is -3.41. The van der Waals surface area contributed by atoms with Crippen LogP contribution in [-0.4, -0.2) is 24.1 Å². The number of nitrogens with zero attached hydrogens (tertiary/aromatic N) is 2. The van der Waals surface area contributed by atoms with E-state index in [2.05, 4.69) is 0 Å². The minimum atomic E-state index is -4.62. The fourth-order valence-electron chi connectivity index (χ4n) is 2.28. The van der Waals surface area contributed by atoms with Crippen LogP contribution in [0.15, 0.2) is 18.2 Å². The van der Waals surface area contributed by atoms with Gasteiger partial charge in [0.05, 0.1) is 10.5 Å². The first-order valence-corrected chi connectivity index (χ1v) is 8.15. The first-order valence-electron chi connectivity index (χ1n) is 8.15. The molecule has 5 nitrogen and oxygen atoms in total. The number of hydrogen-bond acceptors (Lipinski definition) is 4. The van der Waals surface area contributed by atoms with E-state index in [1.807, 2.05) is 27.7 Å². The number of nitrogens with two attached hydrogens (primary N) is 1. The summed E-state index contributed by atoms with van der Waals surface area (Å²) in [6.45, 7) is 8.84. The van der Waals surface area contributed by atoms with Crippen LogP contribution in [0.1, 0.15) is 46.1 Å². The predicted octanol–water partition coefficient (Wildman–Crippen LogP) is 4.59. The van der Waals surface area contributed by atoms with Gasteiger partial charge in [0.15, 0.2) is 0 Å². The van der Waals surface area contributed by atoms with Gasteiger partial charge in [-0.1, -0.05) is 27.7 Å². The van der Waals surface area contributed by atoms with Crippen molar-refractivity contribution in [1.29, 1.82) is 0 Å². The first kappa shape index (κ1) is 22.2. The topological polar surface area (TPSA) is 72.4 Å². The summed E-state index contributed by atoms with van der Waals surface area (Å²) in [7, 11) is 0. The lowest BCUT2D eigenvalue weighted by atomic mass is 10.0. The second kappa shape index (κ2) is 10.1. The number of halogens is 3. The van der Waals surface area contributed by atoms with E-state index >= 15 is 0 Å². The Kier molecular flexibility index (Phi) is 9.35. The van der Waals surface area contributed by atoms with Crippen LogP contribution in [0.5, 0.6) is 0 Å². The van der Waals surface area contributed by atoms with E-state index < -0.39 is 22.4 Å². The zero-order valence-electron chi connectivity index (χ0n) is 14.6. The van der Waals surface area contributed by atoms with E-state index in [9.17, 15) is 23.3 Å². The summed E-state index contributed by atoms with van der Waals surface area (Å²) in [5.74, 6) is 0. The lowest BCUT2D eigenvalue weighted by Gasteiger charge is -2.33. The molecule has 24 heavy (non-hydrogen) atoms. The number of benzene rings is 1. The highest BCUT2D eigenvalue weighted by atomic mass is 19.4. The number of rotatable bonds is 2. The summed E-state index contributed by atoms with van der Waals surface area (Å²) in [6, 6.07) is 2.85. The van der Waals surface area contributed by atoms with E-state index in [0.717, 1.165) is 12.1 Å². The Labute approximate surface area is 140 Å². The van der Waals surface area contributed by atoms with Gasteiger partial charge >= 0.3 is 6.18 Å². The maximum atomic E-state index is 13.0. The number of nitro groups is 1. The molecule has 2 N–H and O–H groups in total. The average molecular weight is 349 g/mol. The standard InChI is InChI=1S/C12H14F3N3O2.2C2H6/c13-12(14,15)10-7-9(18(19)20)1-2-11(10)17-5-3-8(16)4-6-17;2*1-2/h1-2,7-8H,3-6,16H2;2*1-2H3. The Morgan fingerprint density at radius 2 is 1.67 bits per heavy atom. The van der Waals surface area contributed by atoms with Gasteiger partial charge in [-0.15, -0.1) is 0 Å². The van der Waals surface area contributed by atoms with Crippen molar-refractivity contribution in [2.45, 2.75) is 52.8 Å². The Bertz CT molecular complexity index is 514. The van der Waals surface area contributed by atoms with E-state index in [1.165, 1.54) is 0 Å². The van der Waals surface area contributed by atoms with Crippen LogP contribution < -0.4 is 10.6 Å². The van der Waals surface area contributed by atoms with Crippen molar-refractivity contribution < 1.29 is 18.1 Å². The number of non-ortho nitro benzene ring substituents is 1. The van der Waals surface area contributed by atoms with Crippen molar-refractivity contribution >= 4 is 11.4 Å². The van der Waals surface area contributed by atoms with Crippen LogP contribution in [-0.2, 0) is 6.18 Å². The molecule has 1 saturated heterocycles. The molecule has 2 rings (SSSR count). The average Bonchev–Trinajstić information content (AvgIpc) is 2.58. The van der Waals surface area contributed by atoms with Crippen molar-refractivity contribution in [2.24, 2.45) is 5.73 Å². The Hall–Kier alpha value is -1.83. The SMILES string of the molecule is CC.CC.NC1CCN(c2ccc([N+](=O)[O-])cc2C(F)(F)F)CC1. The van der Waals surface area contributed by atoms with Gasteiger partial charge in [0.2, 0.25) is 0 Å². The van der Waals surface area contributed by atoms with Crippen LogP contribution in [0.2, 0.25) is 0 Å². The van der Waals surface area contributed by atoms with E-state index in [4.69, 9.17) is 5.73 Å². The molecule has 0 aromatic heterocycles. The molecule has 1 heterocycles. The monoisotopic (exact) mass is 349 g/mol. The summed E-state index contributed by atoms with van der Waals surface area (Å²) in [4.78, 5) is 11.4. The maximum absolute atomic E-state index is 13.0. The van der Waals surface area contributed by atoms with Crippen molar-refractivity contribution in [3.8, 4) is 0 Å². The molecule has 0 amide bonds. The molecule has 0 unspecified atom stereocenters. The summed E-state index contributed by atoms with van der Waals surface area (Å²) >= 11 is 0. The van der Waals surface area contributed by atoms with Crippen LogP contribution in [0.4, 0.5) is 24.5 Å². The summed E-state index contributed by atoms with van der Waals surface area (Å²) < 4.78 is 39.1. The normalized spacial score (nSPS) is 14.9. The first-order chi connectivity index (χ1) is 11.3. The molecule has 0 bridgehead atoms. The highest BCUT2D eigenvalue weighted by Gasteiger charge is 2.37. The molecule has 138 valence electrons. The molecule has 1 aliphatic rings. The summed E-state index contributed by atoms with van der Waals surface area (Å²) in [5, 5.41) is 10.6. The number of nitro benzene ring substituents is 1. The van der Waals surface area contributed by atoms with Crippen molar-refractivity contribution in [1.82, 2.24) is 0 Å². The zero-order valence-corrected chi connectivity index (χ0v) is 14.6. The van der Waals surface area contributed by atoms with Gasteiger partial charge in [-0.2, -0.15) is 13.2 Å². The van der Waals surface area contributed by atoms with Crippen molar-refractivity contribution in [3.63, 3.8) is 0 Å². The second-order valence-electron chi connectivity index (χ2n) is 4.78.